The highest BCUT2D eigenvalue weighted by Gasteiger charge is 2.09. The van der Waals surface area contributed by atoms with Crippen molar-refractivity contribution >= 4 is 11.6 Å². The van der Waals surface area contributed by atoms with Crippen LogP contribution in [0, 0.1) is 12.7 Å². The quantitative estimate of drug-likeness (QED) is 0.594. The Morgan fingerprint density at radius 1 is 1.30 bits per heavy atom. The zero-order valence-corrected chi connectivity index (χ0v) is 11.0. The third kappa shape index (κ3) is 3.06. The fraction of sp³-hybridized carbons (Fsp3) is 0.133. The van der Waals surface area contributed by atoms with Crippen molar-refractivity contribution in [2.45, 2.75) is 13.5 Å². The Labute approximate surface area is 116 Å². The van der Waals surface area contributed by atoms with Crippen LogP contribution in [0.15, 0.2) is 36.4 Å². The lowest BCUT2D eigenvalue weighted by Crippen LogP contribution is -2.23. The van der Waals surface area contributed by atoms with Gasteiger partial charge in [-0.25, -0.2) is 4.39 Å². The predicted octanol–water partition coefficient (Wildman–Crippen LogP) is 2.35. The molecule has 0 saturated heterocycles. The lowest BCUT2D eigenvalue weighted by molar-refractivity contribution is 0.0950. The Balaban J connectivity index is 2.08. The van der Waals surface area contributed by atoms with E-state index in [2.05, 4.69) is 5.32 Å². The molecule has 0 unspecified atom stereocenters. The van der Waals surface area contributed by atoms with Crippen molar-refractivity contribution in [1.29, 1.82) is 0 Å². The number of phenolic OH excluding ortho intramolecular Hbond substituents is 1. The molecule has 0 aromatic heterocycles. The van der Waals surface area contributed by atoms with Gasteiger partial charge in [-0.05, 0) is 42.8 Å². The molecule has 0 aliphatic rings. The first-order chi connectivity index (χ1) is 9.47. The van der Waals surface area contributed by atoms with Crippen LogP contribution in [0.4, 0.5) is 10.1 Å². The summed E-state index contributed by atoms with van der Waals surface area (Å²) in [6.45, 7) is 1.74. The molecule has 0 radical (unpaired) electrons. The zero-order chi connectivity index (χ0) is 14.7. The van der Waals surface area contributed by atoms with Gasteiger partial charge in [0.15, 0.2) is 0 Å². The number of rotatable bonds is 3. The number of carbonyl (C=O) groups is 1. The maximum Gasteiger partial charge on any atom is 0.251 e. The van der Waals surface area contributed by atoms with Gasteiger partial charge in [0.05, 0.1) is 0 Å². The first-order valence-electron chi connectivity index (χ1n) is 6.09. The van der Waals surface area contributed by atoms with Crippen LogP contribution >= 0.6 is 0 Å². The van der Waals surface area contributed by atoms with Crippen LogP contribution in [0.2, 0.25) is 0 Å². The molecular formula is C15H15FN2O2. The molecule has 0 atom stereocenters. The number of anilines is 1. The number of hydrogen-bond donors (Lipinski definition) is 3. The molecule has 0 spiro atoms. The minimum atomic E-state index is -0.426. The van der Waals surface area contributed by atoms with Crippen LogP contribution in [-0.2, 0) is 6.54 Å². The van der Waals surface area contributed by atoms with Crippen molar-refractivity contribution in [3.8, 4) is 5.75 Å². The first kappa shape index (κ1) is 13.9. The number of benzene rings is 2. The predicted molar refractivity (Wildman–Crippen MR) is 74.8 cm³/mol. The van der Waals surface area contributed by atoms with Gasteiger partial charge in [-0.1, -0.05) is 6.07 Å². The average molecular weight is 274 g/mol. The molecule has 1 amide bonds. The van der Waals surface area contributed by atoms with Gasteiger partial charge in [-0.2, -0.15) is 0 Å². The molecule has 0 aliphatic heterocycles. The van der Waals surface area contributed by atoms with Gasteiger partial charge in [-0.15, -0.1) is 0 Å². The molecule has 0 heterocycles. The SMILES string of the molecule is Cc1ccc(C(=O)NCc2cc(N)ccc2O)cc1F. The van der Waals surface area contributed by atoms with Crippen LogP contribution in [0.5, 0.6) is 5.75 Å². The maximum atomic E-state index is 13.4. The molecule has 4 nitrogen and oxygen atoms in total. The van der Waals surface area contributed by atoms with Crippen molar-refractivity contribution in [1.82, 2.24) is 5.32 Å². The molecule has 0 bridgehead atoms. The number of phenols is 1. The number of carbonyl (C=O) groups excluding carboxylic acids is 1. The van der Waals surface area contributed by atoms with E-state index in [0.717, 1.165) is 0 Å². The zero-order valence-electron chi connectivity index (χ0n) is 11.0. The van der Waals surface area contributed by atoms with Crippen LogP contribution in [0.3, 0.4) is 0 Å². The molecule has 2 aromatic carbocycles. The van der Waals surface area contributed by atoms with Crippen LogP contribution in [-0.4, -0.2) is 11.0 Å². The fourth-order valence-electron chi connectivity index (χ4n) is 1.76. The minimum Gasteiger partial charge on any atom is -0.508 e. The summed E-state index contributed by atoms with van der Waals surface area (Å²) in [5.74, 6) is -0.787. The molecule has 0 aliphatic carbocycles. The van der Waals surface area contributed by atoms with Crippen LogP contribution in [0.25, 0.3) is 0 Å². The summed E-state index contributed by atoms with van der Waals surface area (Å²) in [6, 6.07) is 8.88. The second-order valence-electron chi connectivity index (χ2n) is 4.53. The standard InChI is InChI=1S/C15H15FN2O2/c1-9-2-3-10(7-13(9)16)15(20)18-8-11-6-12(17)4-5-14(11)19/h2-7,19H,8,17H2,1H3,(H,18,20). The van der Waals surface area contributed by atoms with Crippen molar-refractivity contribution < 1.29 is 14.3 Å². The molecule has 2 rings (SSSR count). The van der Waals surface area contributed by atoms with E-state index in [0.29, 0.717) is 16.8 Å². The molecule has 20 heavy (non-hydrogen) atoms. The summed E-state index contributed by atoms with van der Waals surface area (Å²) in [4.78, 5) is 11.9. The van der Waals surface area contributed by atoms with E-state index >= 15 is 0 Å². The number of amides is 1. The van der Waals surface area contributed by atoms with Gasteiger partial charge < -0.3 is 16.2 Å². The van der Waals surface area contributed by atoms with Crippen molar-refractivity contribution in [3.05, 3.63) is 58.9 Å². The second-order valence-corrected chi connectivity index (χ2v) is 4.53. The fourth-order valence-corrected chi connectivity index (χ4v) is 1.76. The van der Waals surface area contributed by atoms with Gasteiger partial charge >= 0.3 is 0 Å². The van der Waals surface area contributed by atoms with Crippen molar-refractivity contribution in [2.75, 3.05) is 5.73 Å². The minimum absolute atomic E-state index is 0.0505. The Morgan fingerprint density at radius 2 is 2.05 bits per heavy atom. The van der Waals surface area contributed by atoms with E-state index in [9.17, 15) is 14.3 Å². The van der Waals surface area contributed by atoms with E-state index in [-0.39, 0.29) is 17.9 Å². The molecule has 5 heteroatoms. The van der Waals surface area contributed by atoms with Crippen molar-refractivity contribution in [2.24, 2.45) is 0 Å². The van der Waals surface area contributed by atoms with Gasteiger partial charge in [-0.3, -0.25) is 4.79 Å². The highest BCUT2D eigenvalue weighted by atomic mass is 19.1. The van der Waals surface area contributed by atoms with E-state index in [4.69, 9.17) is 5.73 Å². The summed E-state index contributed by atoms with van der Waals surface area (Å²) in [6.07, 6.45) is 0. The normalized spacial score (nSPS) is 10.3. The Bertz CT molecular complexity index is 656. The molecule has 0 fully saturated rings. The smallest absolute Gasteiger partial charge is 0.251 e. The topological polar surface area (TPSA) is 75.4 Å². The highest BCUT2D eigenvalue weighted by molar-refractivity contribution is 5.94. The third-order valence-electron chi connectivity index (χ3n) is 2.98. The molecule has 0 saturated carbocycles. The van der Waals surface area contributed by atoms with Crippen LogP contribution in [0.1, 0.15) is 21.5 Å². The Hall–Kier alpha value is -2.56. The number of aryl methyl sites for hydroxylation is 1. The number of nitrogen functional groups attached to an aromatic ring is 1. The largest absolute Gasteiger partial charge is 0.508 e. The number of aromatic hydroxyl groups is 1. The number of nitrogens with two attached hydrogens (primary N) is 1. The Kier molecular flexibility index (Phi) is 3.89. The number of halogens is 1. The summed E-state index contributed by atoms with van der Waals surface area (Å²) >= 11 is 0. The summed E-state index contributed by atoms with van der Waals surface area (Å²) in [5, 5.41) is 12.2. The third-order valence-corrected chi connectivity index (χ3v) is 2.98. The first-order valence-corrected chi connectivity index (χ1v) is 6.09. The summed E-state index contributed by atoms with van der Waals surface area (Å²) in [5.41, 5.74) is 7.32. The highest BCUT2D eigenvalue weighted by Crippen LogP contribution is 2.19. The van der Waals surface area contributed by atoms with Crippen LogP contribution < -0.4 is 11.1 Å². The summed E-state index contributed by atoms with van der Waals surface area (Å²) in [7, 11) is 0. The van der Waals surface area contributed by atoms with Gasteiger partial charge in [0.25, 0.3) is 5.91 Å². The van der Waals surface area contributed by atoms with E-state index in [1.807, 2.05) is 0 Å². The lowest BCUT2D eigenvalue weighted by Gasteiger charge is -2.08. The molecule has 2 aromatic rings. The van der Waals surface area contributed by atoms with E-state index in [1.165, 1.54) is 12.1 Å². The average Bonchev–Trinajstić information content (AvgIpc) is 2.42. The maximum absolute atomic E-state index is 13.4. The summed E-state index contributed by atoms with van der Waals surface area (Å²) < 4.78 is 13.4. The lowest BCUT2D eigenvalue weighted by atomic mass is 10.1. The molecule has 4 N–H and O–H groups in total. The van der Waals surface area contributed by atoms with Crippen molar-refractivity contribution in [3.63, 3.8) is 0 Å². The number of nitrogens with one attached hydrogen (secondary N) is 1. The monoisotopic (exact) mass is 274 g/mol. The van der Waals surface area contributed by atoms with E-state index < -0.39 is 11.7 Å². The molecule has 104 valence electrons. The van der Waals surface area contributed by atoms with Gasteiger partial charge in [0.1, 0.15) is 11.6 Å². The van der Waals surface area contributed by atoms with Gasteiger partial charge in [0.2, 0.25) is 0 Å². The second kappa shape index (κ2) is 5.61. The number of hydrogen-bond acceptors (Lipinski definition) is 3. The van der Waals surface area contributed by atoms with Gasteiger partial charge in [0, 0.05) is 23.4 Å². The van der Waals surface area contributed by atoms with E-state index in [1.54, 1.807) is 31.2 Å². The molecular weight excluding hydrogens is 259 g/mol. The Morgan fingerprint density at radius 3 is 2.75 bits per heavy atom.